The summed E-state index contributed by atoms with van der Waals surface area (Å²) in [5.74, 6) is -0.758. The van der Waals surface area contributed by atoms with Crippen molar-refractivity contribution < 1.29 is 27.5 Å². The summed E-state index contributed by atoms with van der Waals surface area (Å²) in [4.78, 5) is 28.5. The molecule has 1 aliphatic heterocycles. The second kappa shape index (κ2) is 10.6. The number of morpholine rings is 1. The lowest BCUT2D eigenvalue weighted by atomic mass is 10.2. The van der Waals surface area contributed by atoms with E-state index in [1.807, 2.05) is 24.3 Å². The van der Waals surface area contributed by atoms with Gasteiger partial charge in [0.25, 0.3) is 5.91 Å². The Morgan fingerprint density at radius 2 is 1.79 bits per heavy atom. The van der Waals surface area contributed by atoms with Gasteiger partial charge in [-0.3, -0.25) is 9.59 Å². The van der Waals surface area contributed by atoms with Gasteiger partial charge in [0.1, 0.15) is 10.6 Å². The summed E-state index contributed by atoms with van der Waals surface area (Å²) in [6, 6.07) is 11.6. The number of likely N-dealkylation sites (N-methyl/N-ethyl adjacent to an activating group) is 1. The first-order valence-electron chi connectivity index (χ1n) is 10.3. The molecule has 3 rings (SSSR count). The summed E-state index contributed by atoms with van der Waals surface area (Å²) in [6.45, 7) is 2.82. The third-order valence-corrected chi connectivity index (χ3v) is 6.66. The van der Waals surface area contributed by atoms with Crippen molar-refractivity contribution in [3.8, 4) is 5.75 Å². The molecule has 10 nitrogen and oxygen atoms in total. The van der Waals surface area contributed by atoms with Crippen LogP contribution in [0.1, 0.15) is 10.4 Å². The van der Waals surface area contributed by atoms with Gasteiger partial charge >= 0.3 is 0 Å². The normalized spacial score (nSPS) is 14.0. The van der Waals surface area contributed by atoms with E-state index in [1.54, 1.807) is 0 Å². The zero-order chi connectivity index (χ0) is 24.0. The topological polar surface area (TPSA) is 117 Å². The molecule has 0 unspecified atom stereocenters. The van der Waals surface area contributed by atoms with Crippen LogP contribution in [0.3, 0.4) is 0 Å². The molecule has 0 spiro atoms. The second-order valence-electron chi connectivity index (χ2n) is 7.43. The molecule has 2 N–H and O–H groups in total. The van der Waals surface area contributed by atoms with Crippen LogP contribution in [-0.2, 0) is 19.6 Å². The Hall–Kier alpha value is -3.15. The highest BCUT2D eigenvalue weighted by atomic mass is 32.2. The minimum absolute atomic E-state index is 0.113. The van der Waals surface area contributed by atoms with E-state index in [-0.39, 0.29) is 28.7 Å². The van der Waals surface area contributed by atoms with E-state index in [1.165, 1.54) is 44.3 Å². The van der Waals surface area contributed by atoms with E-state index in [0.717, 1.165) is 18.8 Å². The molecule has 1 heterocycles. The van der Waals surface area contributed by atoms with Gasteiger partial charge in [0.2, 0.25) is 15.9 Å². The third kappa shape index (κ3) is 6.01. The number of anilines is 2. The Labute approximate surface area is 193 Å². The fourth-order valence-corrected chi connectivity index (χ4v) is 4.33. The van der Waals surface area contributed by atoms with Gasteiger partial charge in [-0.25, -0.2) is 13.1 Å². The lowest BCUT2D eigenvalue weighted by Crippen LogP contribution is -2.36. The SMILES string of the molecule is CNS(=O)(=O)c1cc(C(=O)N(C)CC(=O)Nc2ccc(N3CCOCC3)cc2)ccc1OC. The van der Waals surface area contributed by atoms with Crippen molar-refractivity contribution in [1.82, 2.24) is 9.62 Å². The molecule has 33 heavy (non-hydrogen) atoms. The maximum Gasteiger partial charge on any atom is 0.254 e. The average molecular weight is 477 g/mol. The summed E-state index contributed by atoms with van der Waals surface area (Å²) in [5.41, 5.74) is 1.79. The molecule has 0 bridgehead atoms. The first-order chi connectivity index (χ1) is 15.7. The van der Waals surface area contributed by atoms with Crippen LogP contribution in [0, 0.1) is 0 Å². The van der Waals surface area contributed by atoms with Crippen molar-refractivity contribution in [2.45, 2.75) is 4.90 Å². The van der Waals surface area contributed by atoms with Crippen LogP contribution in [-0.4, -0.2) is 79.2 Å². The summed E-state index contributed by atoms with van der Waals surface area (Å²) in [5, 5.41) is 2.77. The van der Waals surface area contributed by atoms with Crippen molar-refractivity contribution >= 4 is 33.2 Å². The van der Waals surface area contributed by atoms with Crippen LogP contribution >= 0.6 is 0 Å². The summed E-state index contributed by atoms with van der Waals surface area (Å²) >= 11 is 0. The molecule has 0 aromatic heterocycles. The van der Waals surface area contributed by atoms with Gasteiger partial charge in [0.15, 0.2) is 0 Å². The van der Waals surface area contributed by atoms with Crippen molar-refractivity contribution in [2.24, 2.45) is 0 Å². The molecule has 0 aliphatic carbocycles. The predicted octanol–water partition coefficient (Wildman–Crippen LogP) is 1.15. The maximum absolute atomic E-state index is 12.8. The predicted molar refractivity (Wildman–Crippen MR) is 124 cm³/mol. The Morgan fingerprint density at radius 3 is 2.39 bits per heavy atom. The maximum atomic E-state index is 12.8. The number of hydrogen-bond donors (Lipinski definition) is 2. The van der Waals surface area contributed by atoms with Gasteiger partial charge in [0.05, 0.1) is 26.9 Å². The highest BCUT2D eigenvalue weighted by Gasteiger charge is 2.22. The summed E-state index contributed by atoms with van der Waals surface area (Å²) < 4.78 is 37.1. The number of nitrogens with one attached hydrogen (secondary N) is 2. The number of ether oxygens (including phenoxy) is 2. The first-order valence-corrected chi connectivity index (χ1v) is 11.8. The molecule has 0 radical (unpaired) electrons. The first kappa shape index (κ1) is 24.5. The van der Waals surface area contributed by atoms with Crippen molar-refractivity contribution in [2.75, 3.05) is 64.3 Å². The quantitative estimate of drug-likeness (QED) is 0.587. The molecule has 0 saturated carbocycles. The van der Waals surface area contributed by atoms with E-state index >= 15 is 0 Å². The van der Waals surface area contributed by atoms with Crippen LogP contribution in [0.25, 0.3) is 0 Å². The number of nitrogens with zero attached hydrogens (tertiary/aromatic N) is 2. The Kier molecular flexibility index (Phi) is 7.90. The number of hydrogen-bond acceptors (Lipinski definition) is 7. The van der Waals surface area contributed by atoms with Crippen LogP contribution in [0.5, 0.6) is 5.75 Å². The number of carbonyl (C=O) groups is 2. The molecule has 0 atom stereocenters. The van der Waals surface area contributed by atoms with E-state index in [9.17, 15) is 18.0 Å². The standard InChI is InChI=1S/C22H28N4O6S/c1-23-33(29,30)20-14-16(4-9-19(20)31-3)22(28)25(2)15-21(27)24-17-5-7-18(8-6-17)26-10-12-32-13-11-26/h4-9,14,23H,10-13,15H2,1-3H3,(H,24,27). The number of benzene rings is 2. The second-order valence-corrected chi connectivity index (χ2v) is 9.28. The van der Waals surface area contributed by atoms with Gasteiger partial charge in [-0.05, 0) is 49.5 Å². The largest absolute Gasteiger partial charge is 0.495 e. The lowest BCUT2D eigenvalue weighted by molar-refractivity contribution is -0.116. The minimum Gasteiger partial charge on any atom is -0.495 e. The highest BCUT2D eigenvalue weighted by Crippen LogP contribution is 2.25. The number of carbonyl (C=O) groups excluding carboxylic acids is 2. The average Bonchev–Trinajstić information content (AvgIpc) is 2.84. The van der Waals surface area contributed by atoms with Crippen molar-refractivity contribution in [3.05, 3.63) is 48.0 Å². The monoisotopic (exact) mass is 476 g/mol. The zero-order valence-corrected chi connectivity index (χ0v) is 19.6. The van der Waals surface area contributed by atoms with Gasteiger partial charge in [-0.1, -0.05) is 0 Å². The fourth-order valence-electron chi connectivity index (χ4n) is 3.41. The van der Waals surface area contributed by atoms with E-state index in [4.69, 9.17) is 9.47 Å². The smallest absolute Gasteiger partial charge is 0.254 e. The lowest BCUT2D eigenvalue weighted by Gasteiger charge is -2.28. The molecule has 2 aromatic carbocycles. The molecule has 1 saturated heterocycles. The number of amides is 2. The van der Waals surface area contributed by atoms with Crippen molar-refractivity contribution in [3.63, 3.8) is 0 Å². The van der Waals surface area contributed by atoms with Gasteiger partial charge in [-0.2, -0.15) is 0 Å². The van der Waals surface area contributed by atoms with Crippen molar-refractivity contribution in [1.29, 1.82) is 0 Å². The summed E-state index contributed by atoms with van der Waals surface area (Å²) in [7, 11) is 0.252. The Bertz CT molecular complexity index is 1100. The number of sulfonamides is 1. The molecule has 178 valence electrons. The molecule has 2 amide bonds. The Morgan fingerprint density at radius 1 is 1.12 bits per heavy atom. The molecule has 1 aliphatic rings. The van der Waals surface area contributed by atoms with E-state index in [0.29, 0.717) is 18.9 Å². The van der Waals surface area contributed by atoms with Crippen LogP contribution in [0.4, 0.5) is 11.4 Å². The van der Waals surface area contributed by atoms with Gasteiger partial charge < -0.3 is 24.6 Å². The van der Waals surface area contributed by atoms with E-state index in [2.05, 4.69) is 14.9 Å². The molecular weight excluding hydrogens is 448 g/mol. The molecule has 1 fully saturated rings. The van der Waals surface area contributed by atoms with E-state index < -0.39 is 15.9 Å². The summed E-state index contributed by atoms with van der Waals surface area (Å²) in [6.07, 6.45) is 0. The number of rotatable bonds is 8. The number of methoxy groups -OCH3 is 1. The third-order valence-electron chi connectivity index (χ3n) is 5.22. The molecule has 2 aromatic rings. The minimum atomic E-state index is -3.83. The zero-order valence-electron chi connectivity index (χ0n) is 18.8. The van der Waals surface area contributed by atoms with Gasteiger partial charge in [-0.15, -0.1) is 0 Å². The molecular formula is C22H28N4O6S. The van der Waals surface area contributed by atoms with Crippen LogP contribution in [0.15, 0.2) is 47.4 Å². The molecule has 11 heteroatoms. The van der Waals surface area contributed by atoms with Crippen LogP contribution < -0.4 is 19.7 Å². The highest BCUT2D eigenvalue weighted by molar-refractivity contribution is 7.89. The fraction of sp³-hybridized carbons (Fsp3) is 0.364. The van der Waals surface area contributed by atoms with Crippen LogP contribution in [0.2, 0.25) is 0 Å². The Balaban J connectivity index is 1.63. The van der Waals surface area contributed by atoms with Gasteiger partial charge in [0, 0.05) is 37.1 Å².